The summed E-state index contributed by atoms with van der Waals surface area (Å²) < 4.78 is 0. The van der Waals surface area contributed by atoms with Gasteiger partial charge in [-0.25, -0.2) is 9.78 Å². The average Bonchev–Trinajstić information content (AvgIpc) is 2.30. The third-order valence-electron chi connectivity index (χ3n) is 2.33. The molecule has 0 spiro atoms. The van der Waals surface area contributed by atoms with E-state index in [1.54, 1.807) is 0 Å². The van der Waals surface area contributed by atoms with Crippen molar-refractivity contribution in [1.29, 1.82) is 5.26 Å². The molecule has 1 aromatic heterocycles. The van der Waals surface area contributed by atoms with Crippen LogP contribution in [-0.2, 0) is 4.79 Å². The second-order valence-electron chi connectivity index (χ2n) is 4.30. The van der Waals surface area contributed by atoms with Crippen molar-refractivity contribution in [2.24, 2.45) is 5.92 Å². The highest BCUT2D eigenvalue weighted by molar-refractivity contribution is 6.34. The number of aromatic nitrogens is 1. The first-order chi connectivity index (χ1) is 8.45. The molecule has 5 nitrogen and oxygen atoms in total. The molecule has 6 heteroatoms. The number of rotatable bonds is 5. The fraction of sp³-hybridized carbons (Fsp3) is 0.417. The predicted molar refractivity (Wildman–Crippen MR) is 68.5 cm³/mol. The molecule has 0 saturated carbocycles. The van der Waals surface area contributed by atoms with Crippen LogP contribution in [0.1, 0.15) is 25.8 Å². The average molecular weight is 268 g/mol. The van der Waals surface area contributed by atoms with Gasteiger partial charge >= 0.3 is 5.97 Å². The molecular formula is C12H14ClN3O2. The number of nitriles is 1. The van der Waals surface area contributed by atoms with Gasteiger partial charge in [-0.15, -0.1) is 0 Å². The summed E-state index contributed by atoms with van der Waals surface area (Å²) in [6.07, 6.45) is 1.87. The Morgan fingerprint density at radius 1 is 1.67 bits per heavy atom. The van der Waals surface area contributed by atoms with E-state index in [1.807, 2.05) is 19.9 Å². The highest BCUT2D eigenvalue weighted by Crippen LogP contribution is 2.24. The Hall–Kier alpha value is -1.80. The van der Waals surface area contributed by atoms with Crippen LogP contribution in [0.25, 0.3) is 0 Å². The molecule has 0 bridgehead atoms. The molecule has 0 aliphatic carbocycles. The number of pyridine rings is 1. The van der Waals surface area contributed by atoms with Crippen molar-refractivity contribution in [1.82, 2.24) is 4.98 Å². The summed E-state index contributed by atoms with van der Waals surface area (Å²) in [5.74, 6) is -0.524. The Balaban J connectivity index is 2.95. The van der Waals surface area contributed by atoms with Gasteiger partial charge in [0, 0.05) is 6.20 Å². The van der Waals surface area contributed by atoms with E-state index in [0.717, 1.165) is 0 Å². The first kappa shape index (κ1) is 14.3. The molecule has 1 aromatic rings. The number of carboxylic acid groups (broad SMARTS) is 1. The van der Waals surface area contributed by atoms with Crippen LogP contribution in [0.5, 0.6) is 0 Å². The maximum atomic E-state index is 11.1. The lowest BCUT2D eigenvalue weighted by atomic mass is 10.0. The summed E-state index contributed by atoms with van der Waals surface area (Å²) in [6.45, 7) is 3.86. The van der Waals surface area contributed by atoms with Gasteiger partial charge in [0.1, 0.15) is 23.0 Å². The zero-order chi connectivity index (χ0) is 13.7. The minimum Gasteiger partial charge on any atom is -0.480 e. The van der Waals surface area contributed by atoms with E-state index in [4.69, 9.17) is 22.0 Å². The van der Waals surface area contributed by atoms with Crippen molar-refractivity contribution < 1.29 is 9.90 Å². The van der Waals surface area contributed by atoms with Crippen LogP contribution >= 0.6 is 11.6 Å². The smallest absolute Gasteiger partial charge is 0.326 e. The van der Waals surface area contributed by atoms with E-state index >= 15 is 0 Å². The largest absolute Gasteiger partial charge is 0.480 e. The molecule has 96 valence electrons. The Bertz CT molecular complexity index is 483. The van der Waals surface area contributed by atoms with Crippen LogP contribution in [0.2, 0.25) is 5.02 Å². The molecule has 1 unspecified atom stereocenters. The molecule has 0 fully saturated rings. The summed E-state index contributed by atoms with van der Waals surface area (Å²) >= 11 is 5.95. The fourth-order valence-corrected chi connectivity index (χ4v) is 1.70. The van der Waals surface area contributed by atoms with Crippen LogP contribution in [0.3, 0.4) is 0 Å². The number of hydrogen-bond donors (Lipinski definition) is 2. The van der Waals surface area contributed by atoms with Gasteiger partial charge in [0.2, 0.25) is 0 Å². The Labute approximate surface area is 110 Å². The van der Waals surface area contributed by atoms with Gasteiger partial charge in [0.25, 0.3) is 0 Å². The molecule has 1 atom stereocenters. The number of nitrogens with one attached hydrogen (secondary N) is 1. The molecule has 0 amide bonds. The van der Waals surface area contributed by atoms with Crippen molar-refractivity contribution in [2.45, 2.75) is 26.3 Å². The molecule has 0 radical (unpaired) electrons. The van der Waals surface area contributed by atoms with Crippen LogP contribution in [0.15, 0.2) is 12.3 Å². The third kappa shape index (κ3) is 3.60. The minimum absolute atomic E-state index is 0.148. The van der Waals surface area contributed by atoms with Crippen molar-refractivity contribution in [3.05, 3.63) is 22.8 Å². The van der Waals surface area contributed by atoms with Crippen molar-refractivity contribution in [3.8, 4) is 6.07 Å². The molecule has 2 N–H and O–H groups in total. The second kappa shape index (κ2) is 6.22. The Kier molecular flexibility index (Phi) is 4.93. The van der Waals surface area contributed by atoms with Gasteiger partial charge in [-0.05, 0) is 18.4 Å². The molecule has 0 aliphatic rings. The maximum Gasteiger partial charge on any atom is 0.326 e. The molecule has 1 heterocycles. The third-order valence-corrected chi connectivity index (χ3v) is 2.71. The summed E-state index contributed by atoms with van der Waals surface area (Å²) in [4.78, 5) is 15.1. The van der Waals surface area contributed by atoms with E-state index in [9.17, 15) is 4.79 Å². The van der Waals surface area contributed by atoms with E-state index < -0.39 is 12.0 Å². The van der Waals surface area contributed by atoms with Crippen LogP contribution < -0.4 is 5.32 Å². The number of nitrogens with zero attached hydrogens (tertiary/aromatic N) is 2. The lowest BCUT2D eigenvalue weighted by Gasteiger charge is -2.17. The number of anilines is 1. The zero-order valence-corrected chi connectivity index (χ0v) is 10.9. The summed E-state index contributed by atoms with van der Waals surface area (Å²) in [5.41, 5.74) is 0.267. The second-order valence-corrected chi connectivity index (χ2v) is 4.68. The zero-order valence-electron chi connectivity index (χ0n) is 10.1. The van der Waals surface area contributed by atoms with E-state index in [0.29, 0.717) is 6.42 Å². The summed E-state index contributed by atoms with van der Waals surface area (Å²) in [6, 6.07) is 2.62. The fourth-order valence-electron chi connectivity index (χ4n) is 1.49. The number of aliphatic carboxylic acids is 1. The molecule has 0 aromatic carbocycles. The first-order valence-corrected chi connectivity index (χ1v) is 5.87. The van der Waals surface area contributed by atoms with E-state index in [2.05, 4.69) is 10.3 Å². The first-order valence-electron chi connectivity index (χ1n) is 5.49. The quantitative estimate of drug-likeness (QED) is 0.856. The van der Waals surface area contributed by atoms with Crippen molar-refractivity contribution >= 4 is 23.4 Å². The van der Waals surface area contributed by atoms with Crippen molar-refractivity contribution in [3.63, 3.8) is 0 Å². The standard InChI is InChI=1S/C12H14ClN3O2/c1-7(2)5-9(12(17)18)16-11-10(13)8(6-14)3-4-15-11/h3-4,7,9H,5H2,1-2H3,(H,15,16)(H,17,18). The highest BCUT2D eigenvalue weighted by atomic mass is 35.5. The minimum atomic E-state index is -0.969. The summed E-state index contributed by atoms with van der Waals surface area (Å²) in [7, 11) is 0. The highest BCUT2D eigenvalue weighted by Gasteiger charge is 2.20. The molecular weight excluding hydrogens is 254 g/mol. The molecule has 18 heavy (non-hydrogen) atoms. The monoisotopic (exact) mass is 267 g/mol. The van der Waals surface area contributed by atoms with Gasteiger partial charge in [-0.2, -0.15) is 5.26 Å². The van der Waals surface area contributed by atoms with E-state index in [-0.39, 0.29) is 22.3 Å². The van der Waals surface area contributed by atoms with Crippen LogP contribution in [-0.4, -0.2) is 22.1 Å². The van der Waals surface area contributed by atoms with Gasteiger partial charge < -0.3 is 10.4 Å². The molecule has 0 aliphatic heterocycles. The number of carbonyl (C=O) groups is 1. The number of carboxylic acids is 1. The van der Waals surface area contributed by atoms with Gasteiger partial charge in [0.15, 0.2) is 0 Å². The topological polar surface area (TPSA) is 86.0 Å². The molecule has 0 saturated heterocycles. The SMILES string of the molecule is CC(C)CC(Nc1nccc(C#N)c1Cl)C(=O)O. The lowest BCUT2D eigenvalue weighted by molar-refractivity contribution is -0.138. The number of hydrogen-bond acceptors (Lipinski definition) is 4. The van der Waals surface area contributed by atoms with Crippen molar-refractivity contribution in [2.75, 3.05) is 5.32 Å². The lowest BCUT2D eigenvalue weighted by Crippen LogP contribution is -2.31. The predicted octanol–water partition coefficient (Wildman–Crippen LogP) is 2.52. The normalized spacial score (nSPS) is 11.9. The van der Waals surface area contributed by atoms with Gasteiger partial charge in [-0.1, -0.05) is 25.4 Å². The van der Waals surface area contributed by atoms with Gasteiger partial charge in [0.05, 0.1) is 5.56 Å². The maximum absolute atomic E-state index is 11.1. The van der Waals surface area contributed by atoms with Crippen LogP contribution in [0.4, 0.5) is 5.82 Å². The number of halogens is 1. The molecule has 1 rings (SSSR count). The van der Waals surface area contributed by atoms with Crippen LogP contribution in [0, 0.1) is 17.2 Å². The van der Waals surface area contributed by atoms with Gasteiger partial charge in [-0.3, -0.25) is 0 Å². The Morgan fingerprint density at radius 2 is 2.33 bits per heavy atom. The van der Waals surface area contributed by atoms with E-state index in [1.165, 1.54) is 12.3 Å². The Morgan fingerprint density at radius 3 is 2.83 bits per heavy atom. The summed E-state index contributed by atoms with van der Waals surface area (Å²) in [5, 5.41) is 20.8.